The van der Waals surface area contributed by atoms with E-state index in [1.807, 2.05) is 22.9 Å². The van der Waals surface area contributed by atoms with Gasteiger partial charge in [0.05, 0.1) is 11.4 Å². The van der Waals surface area contributed by atoms with E-state index in [0.717, 1.165) is 42.6 Å². The number of rotatable bonds is 4. The van der Waals surface area contributed by atoms with E-state index in [4.69, 9.17) is 15.6 Å². The second kappa shape index (κ2) is 7.70. The fourth-order valence-electron chi connectivity index (χ4n) is 3.85. The lowest BCUT2D eigenvalue weighted by Crippen LogP contribution is -2.22. The topological polar surface area (TPSA) is 132 Å². The zero-order valence-electron chi connectivity index (χ0n) is 16.5. The van der Waals surface area contributed by atoms with Crippen molar-refractivity contribution in [2.45, 2.75) is 24.9 Å². The van der Waals surface area contributed by atoms with Gasteiger partial charge in [-0.15, -0.1) is 0 Å². The van der Waals surface area contributed by atoms with Crippen LogP contribution in [0.15, 0.2) is 24.5 Å². The predicted octanol–water partition coefficient (Wildman–Crippen LogP) is 1.02. The molecule has 1 saturated heterocycles. The molecule has 0 bridgehead atoms. The number of benzene rings is 1. The predicted molar refractivity (Wildman–Crippen MR) is 112 cm³/mol. The summed E-state index contributed by atoms with van der Waals surface area (Å²) in [5, 5.41) is 19.8. The van der Waals surface area contributed by atoms with Gasteiger partial charge < -0.3 is 15.8 Å². The van der Waals surface area contributed by atoms with Crippen LogP contribution >= 0.6 is 0 Å². The van der Waals surface area contributed by atoms with Crippen molar-refractivity contribution in [3.8, 4) is 11.8 Å². The molecule has 4 heterocycles. The van der Waals surface area contributed by atoms with Crippen LogP contribution < -0.4 is 11.1 Å². The SMILES string of the molecule is COCC[C@H]1C[C@H](n2nc(C#Cc3ccc4n[nH]nc4c3)c3c(N)ncnc32)CN1. The van der Waals surface area contributed by atoms with Crippen molar-refractivity contribution < 1.29 is 4.74 Å². The Hall–Kier alpha value is -3.55. The van der Waals surface area contributed by atoms with Gasteiger partial charge in [0.15, 0.2) is 5.65 Å². The van der Waals surface area contributed by atoms with Gasteiger partial charge in [0, 0.05) is 31.9 Å². The normalized spacial score (nSPS) is 18.7. The van der Waals surface area contributed by atoms with E-state index in [1.165, 1.54) is 6.33 Å². The maximum Gasteiger partial charge on any atom is 0.164 e. The molecule has 10 nitrogen and oxygen atoms in total. The molecule has 0 spiro atoms. The number of nitrogens with zero attached hydrogens (tertiary/aromatic N) is 6. The van der Waals surface area contributed by atoms with Crippen molar-refractivity contribution in [3.05, 3.63) is 35.8 Å². The Bertz CT molecular complexity index is 1270. The number of methoxy groups -OCH3 is 1. The number of aromatic nitrogens is 7. The van der Waals surface area contributed by atoms with Crippen molar-refractivity contribution in [3.63, 3.8) is 0 Å². The summed E-state index contributed by atoms with van der Waals surface area (Å²) >= 11 is 0. The molecule has 1 fully saturated rings. The van der Waals surface area contributed by atoms with Crippen LogP contribution in [0.25, 0.3) is 22.1 Å². The fourth-order valence-corrected chi connectivity index (χ4v) is 3.85. The van der Waals surface area contributed by atoms with Crippen molar-refractivity contribution in [1.29, 1.82) is 0 Å². The van der Waals surface area contributed by atoms with Crippen molar-refractivity contribution in [1.82, 2.24) is 40.5 Å². The maximum atomic E-state index is 6.16. The molecule has 152 valence electrons. The molecular weight excluding hydrogens is 382 g/mol. The molecule has 2 atom stereocenters. The lowest BCUT2D eigenvalue weighted by atomic mass is 10.1. The molecule has 0 radical (unpaired) electrons. The number of fused-ring (bicyclic) bond motifs is 2. The average Bonchev–Trinajstić information content (AvgIpc) is 3.48. The summed E-state index contributed by atoms with van der Waals surface area (Å²) in [6.07, 6.45) is 3.37. The molecule has 0 aliphatic carbocycles. The number of hydrogen-bond acceptors (Lipinski definition) is 8. The Labute approximate surface area is 172 Å². The third-order valence-corrected chi connectivity index (χ3v) is 5.37. The van der Waals surface area contributed by atoms with Gasteiger partial charge in [-0.2, -0.15) is 20.5 Å². The largest absolute Gasteiger partial charge is 0.385 e. The van der Waals surface area contributed by atoms with E-state index in [1.54, 1.807) is 7.11 Å². The molecule has 5 rings (SSSR count). The van der Waals surface area contributed by atoms with Gasteiger partial charge in [-0.05, 0) is 37.0 Å². The minimum atomic E-state index is 0.172. The highest BCUT2D eigenvalue weighted by Gasteiger charge is 2.28. The highest BCUT2D eigenvalue weighted by Crippen LogP contribution is 2.28. The highest BCUT2D eigenvalue weighted by atomic mass is 16.5. The van der Waals surface area contributed by atoms with Crippen LogP contribution in [-0.2, 0) is 4.74 Å². The molecule has 0 saturated carbocycles. The summed E-state index contributed by atoms with van der Waals surface area (Å²) in [4.78, 5) is 8.59. The maximum absolute atomic E-state index is 6.16. The van der Waals surface area contributed by atoms with Crippen LogP contribution in [0.4, 0.5) is 5.82 Å². The third-order valence-electron chi connectivity index (χ3n) is 5.37. The Morgan fingerprint density at radius 3 is 3.03 bits per heavy atom. The Morgan fingerprint density at radius 2 is 2.13 bits per heavy atom. The number of H-pyrrole nitrogens is 1. The van der Waals surface area contributed by atoms with E-state index >= 15 is 0 Å². The van der Waals surface area contributed by atoms with Gasteiger partial charge in [-0.3, -0.25) is 0 Å². The number of hydrogen-bond donors (Lipinski definition) is 3. The summed E-state index contributed by atoms with van der Waals surface area (Å²) in [5.74, 6) is 6.68. The summed E-state index contributed by atoms with van der Waals surface area (Å²) in [5.41, 5.74) is 9.82. The summed E-state index contributed by atoms with van der Waals surface area (Å²) in [6.45, 7) is 1.54. The van der Waals surface area contributed by atoms with Crippen molar-refractivity contribution in [2.75, 3.05) is 26.0 Å². The van der Waals surface area contributed by atoms with Crippen molar-refractivity contribution in [2.24, 2.45) is 0 Å². The Balaban J connectivity index is 1.50. The number of ether oxygens (including phenoxy) is 1. The smallest absolute Gasteiger partial charge is 0.164 e. The number of nitrogens with two attached hydrogens (primary N) is 1. The van der Waals surface area contributed by atoms with Gasteiger partial charge in [0.1, 0.15) is 28.9 Å². The quantitative estimate of drug-likeness (QED) is 0.430. The van der Waals surface area contributed by atoms with Gasteiger partial charge >= 0.3 is 0 Å². The lowest BCUT2D eigenvalue weighted by Gasteiger charge is -2.11. The third kappa shape index (κ3) is 3.34. The first-order valence-electron chi connectivity index (χ1n) is 9.76. The lowest BCUT2D eigenvalue weighted by molar-refractivity contribution is 0.185. The molecule has 10 heteroatoms. The van der Waals surface area contributed by atoms with Crippen molar-refractivity contribution >= 4 is 27.9 Å². The van der Waals surface area contributed by atoms with Crippen LogP contribution in [0, 0.1) is 11.8 Å². The minimum absolute atomic E-state index is 0.172. The Morgan fingerprint density at radius 1 is 1.23 bits per heavy atom. The minimum Gasteiger partial charge on any atom is -0.385 e. The first-order chi connectivity index (χ1) is 14.7. The van der Waals surface area contributed by atoms with Crippen LogP contribution in [0.3, 0.4) is 0 Å². The van der Waals surface area contributed by atoms with Gasteiger partial charge in [0.2, 0.25) is 0 Å². The van der Waals surface area contributed by atoms with Gasteiger partial charge in [-0.1, -0.05) is 5.92 Å². The van der Waals surface area contributed by atoms with Crippen LogP contribution in [0.2, 0.25) is 0 Å². The number of nitrogen functional groups attached to an aromatic ring is 1. The zero-order chi connectivity index (χ0) is 20.5. The highest BCUT2D eigenvalue weighted by molar-refractivity contribution is 5.90. The van der Waals surface area contributed by atoms with Crippen LogP contribution in [-0.4, -0.2) is 61.5 Å². The summed E-state index contributed by atoms with van der Waals surface area (Å²) in [7, 11) is 1.72. The number of nitrogens with one attached hydrogen (secondary N) is 2. The molecule has 1 aliphatic rings. The first-order valence-corrected chi connectivity index (χ1v) is 9.76. The number of aromatic amines is 1. The van der Waals surface area contributed by atoms with Crippen LogP contribution in [0.5, 0.6) is 0 Å². The second-order valence-electron chi connectivity index (χ2n) is 7.30. The average molecular weight is 403 g/mol. The molecule has 0 unspecified atom stereocenters. The zero-order valence-corrected chi connectivity index (χ0v) is 16.5. The standard InChI is InChI=1S/C20H21N9O/c1-30-7-6-13-9-14(10-22-13)29-20-18(19(21)23-11-24-20)16(27-29)5-3-12-2-4-15-17(8-12)26-28-25-15/h2,4,8,11,13-14,22H,6-7,9-10H2,1H3,(H2,21,23,24)(H,25,26,28)/t13-,14-/m0/s1. The monoisotopic (exact) mass is 403 g/mol. The van der Waals surface area contributed by atoms with Gasteiger partial charge in [0.25, 0.3) is 0 Å². The van der Waals surface area contributed by atoms with E-state index in [2.05, 4.69) is 42.5 Å². The van der Waals surface area contributed by atoms with E-state index in [9.17, 15) is 0 Å². The van der Waals surface area contributed by atoms with E-state index in [0.29, 0.717) is 28.6 Å². The molecular formula is C20H21N9O. The molecule has 1 aliphatic heterocycles. The van der Waals surface area contributed by atoms with E-state index in [-0.39, 0.29) is 6.04 Å². The molecule has 4 aromatic rings. The van der Waals surface area contributed by atoms with Gasteiger partial charge in [-0.25, -0.2) is 14.6 Å². The van der Waals surface area contributed by atoms with E-state index < -0.39 is 0 Å². The molecule has 3 aromatic heterocycles. The molecule has 1 aromatic carbocycles. The molecule has 30 heavy (non-hydrogen) atoms. The van der Waals surface area contributed by atoms with Crippen LogP contribution in [0.1, 0.15) is 30.1 Å². The first kappa shape index (κ1) is 18.5. The Kier molecular flexibility index (Phi) is 4.74. The fraction of sp³-hybridized carbons (Fsp3) is 0.350. The summed E-state index contributed by atoms with van der Waals surface area (Å²) in [6, 6.07) is 6.22. The number of anilines is 1. The summed E-state index contributed by atoms with van der Waals surface area (Å²) < 4.78 is 7.13. The second-order valence-corrected chi connectivity index (χ2v) is 7.30. The molecule has 4 N–H and O–H groups in total. The molecule has 0 amide bonds.